The Kier molecular flexibility index (Phi) is 4.02. The van der Waals surface area contributed by atoms with Gasteiger partial charge in [0.15, 0.2) is 0 Å². The van der Waals surface area contributed by atoms with Gasteiger partial charge in [-0.2, -0.15) is 0 Å². The Morgan fingerprint density at radius 1 is 1.12 bits per heavy atom. The molecule has 1 spiro atoms. The normalized spacial score (nSPS) is 24.2. The maximum absolute atomic E-state index is 12.0. The van der Waals surface area contributed by atoms with Crippen molar-refractivity contribution in [2.45, 2.75) is 38.5 Å². The molecule has 0 aromatic rings. The zero-order valence-electron chi connectivity index (χ0n) is 9.95. The van der Waals surface area contributed by atoms with Gasteiger partial charge in [-0.1, -0.05) is 40.9 Å². The fraction of sp³-hybridized carbons (Fsp3) is 0.692. The molecule has 0 bridgehead atoms. The highest BCUT2D eigenvalue weighted by atomic mass is 79.9. The van der Waals surface area contributed by atoms with Crippen molar-refractivity contribution in [1.29, 1.82) is 0 Å². The van der Waals surface area contributed by atoms with Gasteiger partial charge in [0.05, 0.1) is 0 Å². The summed E-state index contributed by atoms with van der Waals surface area (Å²) in [6.07, 6.45) is 9.37. The number of hydrogen-bond acceptors (Lipinski definition) is 2. The van der Waals surface area contributed by atoms with E-state index in [0.717, 1.165) is 18.2 Å². The summed E-state index contributed by atoms with van der Waals surface area (Å²) in [6.45, 7) is 0.430. The molecular formula is C13H18BrNO2. The SMILES string of the molecule is O=C1CC2(CCCC2)CC(=O)N1CC=CCBr. The van der Waals surface area contributed by atoms with E-state index in [1.807, 2.05) is 12.2 Å². The lowest BCUT2D eigenvalue weighted by molar-refractivity contribution is -0.152. The molecule has 1 aliphatic heterocycles. The van der Waals surface area contributed by atoms with Crippen molar-refractivity contribution in [3.05, 3.63) is 12.2 Å². The van der Waals surface area contributed by atoms with Gasteiger partial charge in [0.25, 0.3) is 0 Å². The lowest BCUT2D eigenvalue weighted by Gasteiger charge is -2.36. The molecule has 17 heavy (non-hydrogen) atoms. The molecule has 94 valence electrons. The van der Waals surface area contributed by atoms with Crippen LogP contribution in [0, 0.1) is 5.41 Å². The van der Waals surface area contributed by atoms with E-state index >= 15 is 0 Å². The molecule has 4 heteroatoms. The van der Waals surface area contributed by atoms with Crippen LogP contribution in [0.2, 0.25) is 0 Å². The number of rotatable bonds is 3. The van der Waals surface area contributed by atoms with E-state index in [-0.39, 0.29) is 17.2 Å². The second-order valence-corrected chi connectivity index (χ2v) is 5.73. The summed E-state index contributed by atoms with van der Waals surface area (Å²) in [7, 11) is 0. The number of carbonyl (C=O) groups is 2. The van der Waals surface area contributed by atoms with Gasteiger partial charge in [-0.25, -0.2) is 0 Å². The van der Waals surface area contributed by atoms with Crippen molar-refractivity contribution >= 4 is 27.7 Å². The molecule has 2 aliphatic rings. The zero-order valence-corrected chi connectivity index (χ0v) is 11.5. The number of nitrogens with zero attached hydrogens (tertiary/aromatic N) is 1. The van der Waals surface area contributed by atoms with Gasteiger partial charge in [0.2, 0.25) is 11.8 Å². The number of carbonyl (C=O) groups excluding carboxylic acids is 2. The van der Waals surface area contributed by atoms with Gasteiger partial charge in [0, 0.05) is 24.7 Å². The summed E-state index contributed by atoms with van der Waals surface area (Å²) >= 11 is 3.28. The topological polar surface area (TPSA) is 37.4 Å². The largest absolute Gasteiger partial charge is 0.279 e. The van der Waals surface area contributed by atoms with Gasteiger partial charge in [-0.3, -0.25) is 14.5 Å². The molecule has 0 aromatic carbocycles. The van der Waals surface area contributed by atoms with E-state index < -0.39 is 0 Å². The summed E-state index contributed by atoms with van der Waals surface area (Å²) in [6, 6.07) is 0. The quantitative estimate of drug-likeness (QED) is 0.456. The van der Waals surface area contributed by atoms with Gasteiger partial charge in [-0.15, -0.1) is 0 Å². The Morgan fingerprint density at radius 2 is 1.71 bits per heavy atom. The van der Waals surface area contributed by atoms with Gasteiger partial charge < -0.3 is 0 Å². The van der Waals surface area contributed by atoms with Crippen molar-refractivity contribution in [3.63, 3.8) is 0 Å². The van der Waals surface area contributed by atoms with Crippen LogP contribution in [0.25, 0.3) is 0 Å². The van der Waals surface area contributed by atoms with Crippen molar-refractivity contribution in [3.8, 4) is 0 Å². The summed E-state index contributed by atoms with van der Waals surface area (Å²) in [5, 5.41) is 0.757. The standard InChI is InChI=1S/C13H18BrNO2/c14-7-3-4-8-15-11(16)9-13(10-12(15)17)5-1-2-6-13/h3-4H,1-2,5-10H2. The van der Waals surface area contributed by atoms with Crippen molar-refractivity contribution in [2.75, 3.05) is 11.9 Å². The van der Waals surface area contributed by atoms with Crippen LogP contribution >= 0.6 is 15.9 Å². The highest BCUT2D eigenvalue weighted by Gasteiger charge is 2.44. The predicted molar refractivity (Wildman–Crippen MR) is 69.8 cm³/mol. The molecule has 2 rings (SSSR count). The van der Waals surface area contributed by atoms with E-state index in [1.165, 1.54) is 17.7 Å². The molecule has 2 amide bonds. The number of piperidine rings is 1. The molecule has 1 saturated heterocycles. The summed E-state index contributed by atoms with van der Waals surface area (Å²) in [5.41, 5.74) is 0.0177. The van der Waals surface area contributed by atoms with Crippen LogP contribution in [0.5, 0.6) is 0 Å². The average molecular weight is 300 g/mol. The number of hydrogen-bond donors (Lipinski definition) is 0. The van der Waals surface area contributed by atoms with Gasteiger partial charge in [-0.05, 0) is 18.3 Å². The van der Waals surface area contributed by atoms with Gasteiger partial charge in [0.1, 0.15) is 0 Å². The molecule has 1 heterocycles. The first kappa shape index (κ1) is 12.8. The third-order valence-corrected chi connectivity index (χ3v) is 4.24. The zero-order chi connectivity index (χ0) is 12.3. The van der Waals surface area contributed by atoms with E-state index in [4.69, 9.17) is 0 Å². The third kappa shape index (κ3) is 2.79. The summed E-state index contributed by atoms with van der Waals surface area (Å²) < 4.78 is 0. The number of allylic oxidation sites excluding steroid dienone is 1. The number of likely N-dealkylation sites (tertiary alicyclic amines) is 1. The molecule has 2 fully saturated rings. The van der Waals surface area contributed by atoms with Crippen LogP contribution in [0.4, 0.5) is 0 Å². The fourth-order valence-electron chi connectivity index (χ4n) is 2.96. The number of imide groups is 1. The summed E-state index contributed by atoms with van der Waals surface area (Å²) in [4.78, 5) is 25.4. The first-order valence-corrected chi connectivity index (χ1v) is 7.33. The Balaban J connectivity index is 2.01. The van der Waals surface area contributed by atoms with Crippen LogP contribution in [0.15, 0.2) is 12.2 Å². The van der Waals surface area contributed by atoms with Crippen LogP contribution in [-0.2, 0) is 9.59 Å². The fourth-order valence-corrected chi connectivity index (χ4v) is 3.22. The Labute approximate surface area is 110 Å². The smallest absolute Gasteiger partial charge is 0.230 e. The maximum Gasteiger partial charge on any atom is 0.230 e. The number of halogens is 1. The third-order valence-electron chi connectivity index (χ3n) is 3.86. The Bertz CT molecular complexity index is 325. The van der Waals surface area contributed by atoms with Gasteiger partial charge >= 0.3 is 0 Å². The highest BCUT2D eigenvalue weighted by molar-refractivity contribution is 9.09. The Hall–Kier alpha value is -0.640. The lowest BCUT2D eigenvalue weighted by atomic mass is 9.76. The first-order valence-electron chi connectivity index (χ1n) is 6.21. The Morgan fingerprint density at radius 3 is 2.24 bits per heavy atom. The van der Waals surface area contributed by atoms with E-state index in [0.29, 0.717) is 19.4 Å². The summed E-state index contributed by atoms with van der Waals surface area (Å²) in [5.74, 6) is 0.0322. The van der Waals surface area contributed by atoms with E-state index in [1.54, 1.807) is 0 Å². The van der Waals surface area contributed by atoms with Crippen molar-refractivity contribution < 1.29 is 9.59 Å². The monoisotopic (exact) mass is 299 g/mol. The molecule has 0 aromatic heterocycles. The predicted octanol–water partition coefficient (Wildman–Crippen LogP) is 2.65. The second kappa shape index (κ2) is 5.34. The average Bonchev–Trinajstić information content (AvgIpc) is 2.70. The maximum atomic E-state index is 12.0. The molecule has 1 aliphatic carbocycles. The minimum atomic E-state index is 0.0161. The van der Waals surface area contributed by atoms with Crippen LogP contribution in [-0.4, -0.2) is 28.6 Å². The van der Waals surface area contributed by atoms with Crippen molar-refractivity contribution in [1.82, 2.24) is 4.90 Å². The van der Waals surface area contributed by atoms with Crippen LogP contribution < -0.4 is 0 Å². The lowest BCUT2D eigenvalue weighted by Crippen LogP contribution is -2.47. The van der Waals surface area contributed by atoms with E-state index in [2.05, 4.69) is 15.9 Å². The van der Waals surface area contributed by atoms with Crippen LogP contribution in [0.3, 0.4) is 0 Å². The number of alkyl halides is 1. The molecular weight excluding hydrogens is 282 g/mol. The molecule has 1 saturated carbocycles. The first-order chi connectivity index (χ1) is 8.17. The van der Waals surface area contributed by atoms with Crippen molar-refractivity contribution in [2.24, 2.45) is 5.41 Å². The molecule has 0 unspecified atom stereocenters. The van der Waals surface area contributed by atoms with Crippen LogP contribution in [0.1, 0.15) is 38.5 Å². The number of amides is 2. The molecule has 0 N–H and O–H groups in total. The molecule has 3 nitrogen and oxygen atoms in total. The van der Waals surface area contributed by atoms with E-state index in [9.17, 15) is 9.59 Å². The highest BCUT2D eigenvalue weighted by Crippen LogP contribution is 2.46. The minimum absolute atomic E-state index is 0.0161. The minimum Gasteiger partial charge on any atom is -0.279 e. The molecule has 0 atom stereocenters. The molecule has 0 radical (unpaired) electrons. The second-order valence-electron chi connectivity index (χ2n) is 5.08.